The van der Waals surface area contributed by atoms with E-state index in [0.29, 0.717) is 0 Å². The van der Waals surface area contributed by atoms with E-state index in [4.69, 9.17) is 0 Å². The van der Waals surface area contributed by atoms with Gasteiger partial charge >= 0.3 is 0 Å². The van der Waals surface area contributed by atoms with E-state index in [-0.39, 0.29) is 7.92 Å². The van der Waals surface area contributed by atoms with Gasteiger partial charge in [0.2, 0.25) is 0 Å². The minimum Gasteiger partial charge on any atom is -0.309 e. The van der Waals surface area contributed by atoms with Crippen LogP contribution >= 0.6 is 7.92 Å². The molecule has 0 aromatic heterocycles. The predicted octanol–water partition coefficient (Wildman–Crippen LogP) is 3.31. The molecule has 1 nitrogen and oxygen atoms in total. The minimum atomic E-state index is -0.0690. The van der Waals surface area contributed by atoms with Gasteiger partial charge in [0.1, 0.15) is 0 Å². The lowest BCUT2D eigenvalue weighted by atomic mass is 10.3. The van der Waals surface area contributed by atoms with Crippen molar-refractivity contribution < 1.29 is 0 Å². The predicted molar refractivity (Wildman–Crippen MR) is 69.4 cm³/mol. The van der Waals surface area contributed by atoms with Gasteiger partial charge in [0.25, 0.3) is 0 Å². The first kappa shape index (κ1) is 13.6. The fourth-order valence-electron chi connectivity index (χ4n) is 0.859. The molecule has 0 radical (unpaired) electrons. The Labute approximate surface area is 89.9 Å². The normalized spacial score (nSPS) is 13.5. The highest BCUT2D eigenvalue weighted by Crippen LogP contribution is 2.39. The van der Waals surface area contributed by atoms with E-state index >= 15 is 0 Å². The maximum Gasteiger partial charge on any atom is 0.00175 e. The molecule has 0 aromatic carbocycles. The van der Waals surface area contributed by atoms with Gasteiger partial charge in [-0.3, -0.25) is 0 Å². The van der Waals surface area contributed by atoms with E-state index in [1.165, 1.54) is 11.5 Å². The summed E-state index contributed by atoms with van der Waals surface area (Å²) < 4.78 is 0. The largest absolute Gasteiger partial charge is 0.309 e. The summed E-state index contributed by atoms with van der Waals surface area (Å²) in [6, 6.07) is 0. The van der Waals surface area contributed by atoms with Crippen LogP contribution in [-0.2, 0) is 0 Å². The topological polar surface area (TPSA) is 3.24 Å². The molecule has 1 atom stereocenters. The van der Waals surface area contributed by atoms with E-state index in [1.54, 1.807) is 0 Å². The van der Waals surface area contributed by atoms with Gasteiger partial charge in [-0.05, 0) is 39.2 Å². The first-order valence-electron chi connectivity index (χ1n) is 4.82. The molecule has 0 N–H and O–H groups in total. The van der Waals surface area contributed by atoms with Crippen molar-refractivity contribution in [3.8, 4) is 0 Å². The average Bonchev–Trinajstić information content (AvgIpc) is 2.09. The number of hydrogen-bond donors (Lipinski definition) is 0. The summed E-state index contributed by atoms with van der Waals surface area (Å²) in [5.41, 5.74) is 1.09. The summed E-state index contributed by atoms with van der Waals surface area (Å²) in [6.07, 6.45) is 5.36. The Bertz CT molecular complexity index is 228. The summed E-state index contributed by atoms with van der Waals surface area (Å²) in [5, 5.41) is 1.25. The zero-order valence-electron chi connectivity index (χ0n) is 9.88. The quantitative estimate of drug-likeness (QED) is 0.481. The van der Waals surface area contributed by atoms with Crippen molar-refractivity contribution in [2.75, 3.05) is 33.5 Å². The molecular formula is C12H22NP. The van der Waals surface area contributed by atoms with Crippen LogP contribution in [0, 0.1) is 0 Å². The smallest absolute Gasteiger partial charge is 0.00175 e. The zero-order valence-corrected chi connectivity index (χ0v) is 10.8. The van der Waals surface area contributed by atoms with Gasteiger partial charge < -0.3 is 4.90 Å². The van der Waals surface area contributed by atoms with Gasteiger partial charge in [-0.15, -0.1) is 0 Å². The molecule has 0 bridgehead atoms. The molecular weight excluding hydrogens is 189 g/mol. The van der Waals surface area contributed by atoms with Crippen molar-refractivity contribution in [3.05, 3.63) is 36.2 Å². The summed E-state index contributed by atoms with van der Waals surface area (Å²) in [4.78, 5) is 2.22. The second-order valence-corrected chi connectivity index (χ2v) is 6.31. The van der Waals surface area contributed by atoms with Crippen LogP contribution in [0.15, 0.2) is 36.2 Å². The SMILES string of the molecule is C=C(C)/C=C\C(=C)P(C)CCN(C)C. The fourth-order valence-corrected chi connectivity index (χ4v) is 2.18. The summed E-state index contributed by atoms with van der Waals surface area (Å²) >= 11 is 0. The molecule has 0 saturated heterocycles. The van der Waals surface area contributed by atoms with Crippen LogP contribution in [0.5, 0.6) is 0 Å². The highest BCUT2D eigenvalue weighted by Gasteiger charge is 2.03. The van der Waals surface area contributed by atoms with Gasteiger partial charge in [0, 0.05) is 6.54 Å². The second-order valence-electron chi connectivity index (χ2n) is 3.90. The zero-order chi connectivity index (χ0) is 11.1. The molecule has 14 heavy (non-hydrogen) atoms. The van der Waals surface area contributed by atoms with Crippen LogP contribution in [0.2, 0.25) is 0 Å². The maximum atomic E-state index is 4.09. The van der Waals surface area contributed by atoms with E-state index in [1.807, 2.05) is 13.0 Å². The van der Waals surface area contributed by atoms with Gasteiger partial charge in [0.15, 0.2) is 0 Å². The van der Waals surface area contributed by atoms with Crippen LogP contribution < -0.4 is 0 Å². The fraction of sp³-hybridized carbons (Fsp3) is 0.500. The summed E-state index contributed by atoms with van der Waals surface area (Å²) in [7, 11) is 4.14. The van der Waals surface area contributed by atoms with Crippen molar-refractivity contribution in [1.82, 2.24) is 4.90 Å². The molecule has 0 rings (SSSR count). The van der Waals surface area contributed by atoms with Gasteiger partial charge in [-0.25, -0.2) is 0 Å². The van der Waals surface area contributed by atoms with E-state index in [9.17, 15) is 0 Å². The van der Waals surface area contributed by atoms with Crippen molar-refractivity contribution in [2.45, 2.75) is 6.92 Å². The molecule has 0 saturated carbocycles. The number of nitrogens with zero attached hydrogens (tertiary/aromatic N) is 1. The number of rotatable bonds is 6. The van der Waals surface area contributed by atoms with Gasteiger partial charge in [0.05, 0.1) is 0 Å². The molecule has 0 amide bonds. The molecule has 80 valence electrons. The van der Waals surface area contributed by atoms with E-state index < -0.39 is 0 Å². The molecule has 0 aliphatic rings. The van der Waals surface area contributed by atoms with Gasteiger partial charge in [-0.2, -0.15) is 0 Å². The summed E-state index contributed by atoms with van der Waals surface area (Å²) in [5.74, 6) is 0. The number of allylic oxidation sites excluding steroid dienone is 4. The van der Waals surface area contributed by atoms with Crippen molar-refractivity contribution in [3.63, 3.8) is 0 Å². The Balaban J connectivity index is 3.93. The first-order valence-corrected chi connectivity index (χ1v) is 6.79. The highest BCUT2D eigenvalue weighted by atomic mass is 31.1. The van der Waals surface area contributed by atoms with E-state index in [0.717, 1.165) is 12.1 Å². The van der Waals surface area contributed by atoms with E-state index in [2.05, 4.69) is 44.9 Å². The maximum absolute atomic E-state index is 4.09. The standard InChI is InChI=1S/C12H22NP/c1-11(2)7-8-12(3)14(6)10-9-13(4)5/h7-8H,1,3,9-10H2,2,4-6H3/b8-7-. The average molecular weight is 211 g/mol. The Kier molecular flexibility index (Phi) is 6.78. The monoisotopic (exact) mass is 211 g/mol. The van der Waals surface area contributed by atoms with Crippen LogP contribution in [0.4, 0.5) is 0 Å². The van der Waals surface area contributed by atoms with Crippen LogP contribution in [0.25, 0.3) is 0 Å². The molecule has 0 aliphatic carbocycles. The third-order valence-electron chi connectivity index (χ3n) is 1.93. The van der Waals surface area contributed by atoms with Crippen molar-refractivity contribution in [1.29, 1.82) is 0 Å². The number of hydrogen-bond acceptors (Lipinski definition) is 1. The third-order valence-corrected chi connectivity index (χ3v) is 3.93. The minimum absolute atomic E-state index is 0.0690. The Hall–Kier alpha value is -0.390. The van der Waals surface area contributed by atoms with Gasteiger partial charge in [-0.1, -0.05) is 38.8 Å². The molecule has 1 unspecified atom stereocenters. The lowest BCUT2D eigenvalue weighted by molar-refractivity contribution is 0.436. The van der Waals surface area contributed by atoms with Crippen LogP contribution in [-0.4, -0.2) is 38.4 Å². The molecule has 0 aliphatic heterocycles. The molecule has 0 fully saturated rings. The lowest BCUT2D eigenvalue weighted by Crippen LogP contribution is -2.15. The third kappa shape index (κ3) is 7.06. The Morgan fingerprint density at radius 3 is 2.29 bits per heavy atom. The van der Waals surface area contributed by atoms with Crippen LogP contribution in [0.1, 0.15) is 6.92 Å². The summed E-state index contributed by atoms with van der Waals surface area (Å²) in [6.45, 7) is 13.3. The molecule has 2 heteroatoms. The molecule has 0 spiro atoms. The Morgan fingerprint density at radius 2 is 1.86 bits per heavy atom. The highest BCUT2D eigenvalue weighted by molar-refractivity contribution is 7.61. The second kappa shape index (κ2) is 6.98. The van der Waals surface area contributed by atoms with Crippen molar-refractivity contribution in [2.24, 2.45) is 0 Å². The van der Waals surface area contributed by atoms with Crippen molar-refractivity contribution >= 4 is 7.92 Å². The molecule has 0 aromatic rings. The first-order chi connectivity index (χ1) is 6.43. The Morgan fingerprint density at radius 1 is 1.29 bits per heavy atom. The molecule has 0 heterocycles. The van der Waals surface area contributed by atoms with Crippen LogP contribution in [0.3, 0.4) is 0 Å². The lowest BCUT2D eigenvalue weighted by Gasteiger charge is -2.15.